The number of Topliss-reactive ketones (excluding diaryl/α,β-unsaturated/α-hetero) is 1. The lowest BCUT2D eigenvalue weighted by Gasteiger charge is -2.28. The summed E-state index contributed by atoms with van der Waals surface area (Å²) in [5.41, 5.74) is 1.42. The molecule has 0 bridgehead atoms. The van der Waals surface area contributed by atoms with E-state index in [9.17, 15) is 9.59 Å². The molecular formula is C15H21NO3Si. The molecule has 0 fully saturated rings. The lowest BCUT2D eigenvalue weighted by molar-refractivity contribution is -0.122. The average molecular weight is 291 g/mol. The second kappa shape index (κ2) is 5.40. The molecular weight excluding hydrogens is 270 g/mol. The molecule has 20 heavy (non-hydrogen) atoms. The highest BCUT2D eigenvalue weighted by atomic mass is 28.1. The molecule has 1 aliphatic heterocycles. The number of amides is 1. The highest BCUT2D eigenvalue weighted by Crippen LogP contribution is 2.35. The van der Waals surface area contributed by atoms with Crippen LogP contribution in [0.1, 0.15) is 37.9 Å². The van der Waals surface area contributed by atoms with E-state index in [0.29, 0.717) is 12.6 Å². The van der Waals surface area contributed by atoms with Crippen molar-refractivity contribution in [3.8, 4) is 0 Å². The minimum Gasteiger partial charge on any atom is -0.444 e. The smallest absolute Gasteiger partial charge is 0.411 e. The summed E-state index contributed by atoms with van der Waals surface area (Å²) in [5.74, 6) is 0.104. The fourth-order valence-electron chi connectivity index (χ4n) is 2.42. The van der Waals surface area contributed by atoms with Crippen molar-refractivity contribution in [2.45, 2.75) is 45.0 Å². The van der Waals surface area contributed by atoms with E-state index in [4.69, 9.17) is 4.74 Å². The number of carbonyl (C=O) groups excluding carboxylic acids is 2. The number of fused-ring (bicyclic) bond motifs is 1. The molecule has 1 amide bonds. The van der Waals surface area contributed by atoms with Gasteiger partial charge in [-0.15, -0.1) is 0 Å². The topological polar surface area (TPSA) is 46.6 Å². The molecule has 1 heterocycles. The first-order valence-corrected chi connectivity index (χ1v) is 8.35. The van der Waals surface area contributed by atoms with E-state index in [-0.39, 0.29) is 5.78 Å². The van der Waals surface area contributed by atoms with Crippen LogP contribution in [0.25, 0.3) is 0 Å². The Morgan fingerprint density at radius 3 is 2.60 bits per heavy atom. The Kier molecular flexibility index (Phi) is 3.99. The summed E-state index contributed by atoms with van der Waals surface area (Å²) >= 11 is 0. The van der Waals surface area contributed by atoms with Crippen molar-refractivity contribution < 1.29 is 14.3 Å². The number of ketones is 1. The number of nitrogens with zero attached hydrogens (tertiary/aromatic N) is 1. The Labute approximate surface area is 122 Å². The van der Waals surface area contributed by atoms with E-state index in [1.54, 1.807) is 4.90 Å². The largest absolute Gasteiger partial charge is 0.444 e. The zero-order chi connectivity index (χ0) is 14.9. The lowest BCUT2D eigenvalue weighted by atomic mass is 10.0. The van der Waals surface area contributed by atoms with E-state index >= 15 is 0 Å². The summed E-state index contributed by atoms with van der Waals surface area (Å²) in [4.78, 5) is 26.1. The first kappa shape index (κ1) is 14.8. The van der Waals surface area contributed by atoms with Crippen molar-refractivity contribution in [3.63, 3.8) is 0 Å². The van der Waals surface area contributed by atoms with Crippen molar-refractivity contribution in [1.82, 2.24) is 4.90 Å². The Hall–Kier alpha value is -1.62. The maximum atomic E-state index is 12.3. The number of rotatable bonds is 2. The summed E-state index contributed by atoms with van der Waals surface area (Å²) in [7, 11) is 0.801. The fraction of sp³-hybridized carbons (Fsp3) is 0.467. The zero-order valence-electron chi connectivity index (χ0n) is 12.5. The van der Waals surface area contributed by atoms with Gasteiger partial charge in [-0.3, -0.25) is 9.69 Å². The van der Waals surface area contributed by atoms with Crippen LogP contribution in [-0.4, -0.2) is 32.6 Å². The van der Waals surface area contributed by atoms with Crippen LogP contribution in [0.4, 0.5) is 4.79 Å². The Bertz CT molecular complexity index is 536. The molecule has 4 nitrogen and oxygen atoms in total. The van der Waals surface area contributed by atoms with Crippen LogP contribution >= 0.6 is 0 Å². The molecule has 0 spiro atoms. The van der Waals surface area contributed by atoms with Crippen molar-refractivity contribution >= 4 is 22.1 Å². The first-order chi connectivity index (χ1) is 9.33. The van der Waals surface area contributed by atoms with Gasteiger partial charge in [-0.2, -0.15) is 0 Å². The summed E-state index contributed by atoms with van der Waals surface area (Å²) in [6, 6.07) is 7.80. The molecule has 0 aliphatic carbocycles. The molecule has 1 aromatic rings. The van der Waals surface area contributed by atoms with Gasteiger partial charge in [0.1, 0.15) is 11.6 Å². The van der Waals surface area contributed by atoms with Crippen LogP contribution in [0.3, 0.4) is 0 Å². The third kappa shape index (κ3) is 2.93. The van der Waals surface area contributed by atoms with Gasteiger partial charge >= 0.3 is 6.09 Å². The molecule has 108 valence electrons. The third-order valence-electron chi connectivity index (χ3n) is 3.28. The number of carbonyl (C=O) groups is 2. The van der Waals surface area contributed by atoms with Gasteiger partial charge in [0.25, 0.3) is 0 Å². The summed E-state index contributed by atoms with van der Waals surface area (Å²) in [6.07, 6.45) is -0.415. The molecule has 0 N–H and O–H groups in total. The van der Waals surface area contributed by atoms with E-state index in [0.717, 1.165) is 21.4 Å². The van der Waals surface area contributed by atoms with E-state index in [2.05, 4.69) is 0 Å². The molecule has 5 heteroatoms. The Morgan fingerprint density at radius 1 is 1.35 bits per heavy atom. The van der Waals surface area contributed by atoms with Crippen molar-refractivity contribution in [3.05, 3.63) is 35.4 Å². The van der Waals surface area contributed by atoms with Gasteiger partial charge in [-0.25, -0.2) is 4.79 Å². The molecule has 0 saturated heterocycles. The van der Waals surface area contributed by atoms with E-state index < -0.39 is 17.7 Å². The fourth-order valence-corrected chi connectivity index (χ4v) is 2.81. The maximum absolute atomic E-state index is 12.3. The molecule has 1 atom stereocenters. The van der Waals surface area contributed by atoms with E-state index in [1.165, 1.54) is 0 Å². The molecule has 1 unspecified atom stereocenters. The molecule has 1 aliphatic rings. The van der Waals surface area contributed by atoms with Crippen molar-refractivity contribution in [2.75, 3.05) is 0 Å². The van der Waals surface area contributed by atoms with Crippen molar-refractivity contribution in [1.29, 1.82) is 0 Å². The van der Waals surface area contributed by atoms with E-state index in [1.807, 2.05) is 45.0 Å². The maximum Gasteiger partial charge on any atom is 0.411 e. The van der Waals surface area contributed by atoms with Gasteiger partial charge in [0.2, 0.25) is 0 Å². The normalized spacial score (nSPS) is 17.9. The molecule has 0 radical (unpaired) electrons. The highest BCUT2D eigenvalue weighted by Gasteiger charge is 2.39. The summed E-state index contributed by atoms with van der Waals surface area (Å²) in [5, 5.41) is 0. The highest BCUT2D eigenvalue weighted by molar-refractivity contribution is 6.21. The van der Waals surface area contributed by atoms with Crippen LogP contribution in [0.2, 0.25) is 6.04 Å². The van der Waals surface area contributed by atoms with Gasteiger partial charge in [-0.1, -0.05) is 24.3 Å². The van der Waals surface area contributed by atoms with Gasteiger partial charge in [0.05, 0.1) is 6.54 Å². The monoisotopic (exact) mass is 291 g/mol. The number of benzene rings is 1. The SMILES string of the molecule is CC(C)(C)OC(=O)N1Cc2ccccc2C1C(=O)C[SiH3]. The summed E-state index contributed by atoms with van der Waals surface area (Å²) < 4.78 is 5.42. The van der Waals surface area contributed by atoms with Crippen LogP contribution in [0, 0.1) is 0 Å². The van der Waals surface area contributed by atoms with Crippen LogP contribution < -0.4 is 0 Å². The predicted molar refractivity (Wildman–Crippen MR) is 80.7 cm³/mol. The average Bonchev–Trinajstić information content (AvgIpc) is 2.75. The second-order valence-corrected chi connectivity index (χ2v) is 6.74. The number of hydrogen-bond donors (Lipinski definition) is 0. The quantitative estimate of drug-likeness (QED) is 0.781. The number of hydrogen-bond acceptors (Lipinski definition) is 3. The van der Waals surface area contributed by atoms with Gasteiger partial charge in [0.15, 0.2) is 5.78 Å². The minimum atomic E-state index is -0.555. The van der Waals surface area contributed by atoms with Gasteiger partial charge in [0, 0.05) is 10.2 Å². The molecule has 1 aromatic carbocycles. The first-order valence-electron chi connectivity index (χ1n) is 6.93. The Balaban J connectivity index is 2.31. The van der Waals surface area contributed by atoms with Gasteiger partial charge < -0.3 is 4.74 Å². The predicted octanol–water partition coefficient (Wildman–Crippen LogP) is 1.83. The second-order valence-electron chi connectivity index (χ2n) is 6.03. The Morgan fingerprint density at radius 2 is 2.00 bits per heavy atom. The molecule has 0 saturated carbocycles. The van der Waals surface area contributed by atoms with Crippen LogP contribution in [0.5, 0.6) is 0 Å². The minimum absolute atomic E-state index is 0.104. The standard InChI is InChI=1S/C15H21NO3Si/c1-15(2,3)19-14(18)16-8-10-6-4-5-7-11(10)13(16)12(17)9-20/h4-7,13H,8-9H2,1-3,20H3. The third-order valence-corrected chi connectivity index (χ3v) is 3.98. The molecule has 2 rings (SSSR count). The van der Waals surface area contributed by atoms with Crippen molar-refractivity contribution in [2.24, 2.45) is 0 Å². The number of ether oxygens (including phenoxy) is 1. The van der Waals surface area contributed by atoms with Gasteiger partial charge in [-0.05, 0) is 37.9 Å². The van der Waals surface area contributed by atoms with Crippen LogP contribution in [0.15, 0.2) is 24.3 Å². The lowest BCUT2D eigenvalue weighted by Crippen LogP contribution is -2.38. The zero-order valence-corrected chi connectivity index (χ0v) is 14.5. The summed E-state index contributed by atoms with van der Waals surface area (Å²) in [6.45, 7) is 5.94. The van der Waals surface area contributed by atoms with Crippen LogP contribution in [-0.2, 0) is 16.1 Å². The molecule has 0 aromatic heterocycles.